The van der Waals surface area contributed by atoms with Crippen molar-refractivity contribution >= 4 is 21.1 Å². The highest BCUT2D eigenvalue weighted by Crippen LogP contribution is 2.44. The van der Waals surface area contributed by atoms with Crippen LogP contribution in [0.25, 0.3) is 0 Å². The first-order valence-corrected chi connectivity index (χ1v) is 8.39. The Morgan fingerprint density at radius 2 is 1.63 bits per heavy atom. The first-order chi connectivity index (χ1) is 8.48. The number of carbonyl (C=O) groups excluding carboxylic acids is 1. The summed E-state index contributed by atoms with van der Waals surface area (Å²) in [6, 6.07) is 0. The van der Waals surface area contributed by atoms with E-state index in [-0.39, 0.29) is 6.61 Å². The summed E-state index contributed by atoms with van der Waals surface area (Å²) in [6.45, 7) is 2.07. The Kier molecular flexibility index (Phi) is 10.6. The van der Waals surface area contributed by atoms with Gasteiger partial charge in [0.1, 0.15) is 0 Å². The summed E-state index contributed by atoms with van der Waals surface area (Å²) < 4.78 is 28.9. The van der Waals surface area contributed by atoms with Crippen LogP contribution >= 0.6 is 15.4 Å². The third-order valence-electron chi connectivity index (χ3n) is 1.63. The van der Waals surface area contributed by atoms with Crippen molar-refractivity contribution in [3.63, 3.8) is 0 Å². The number of rotatable bonds is 6. The van der Waals surface area contributed by atoms with Crippen LogP contribution in [0.3, 0.4) is 0 Å². The van der Waals surface area contributed by atoms with Gasteiger partial charge in [-0.2, -0.15) is 0 Å². The Morgan fingerprint density at radius 1 is 1.21 bits per heavy atom. The van der Waals surface area contributed by atoms with Crippen molar-refractivity contribution in [2.24, 2.45) is 0 Å². The number of amides is 1. The highest BCUT2D eigenvalue weighted by Gasteiger charge is 2.31. The number of phosphoric ester groups is 1. The van der Waals surface area contributed by atoms with E-state index in [1.165, 1.54) is 14.1 Å². The summed E-state index contributed by atoms with van der Waals surface area (Å²) in [5, 5.41) is 0. The first-order valence-electron chi connectivity index (χ1n) is 5.28. The van der Waals surface area contributed by atoms with Gasteiger partial charge in [0.2, 0.25) is 0 Å². The molecule has 0 fully saturated rings. The minimum atomic E-state index is -4.15. The second-order valence-corrected chi connectivity index (χ2v) is 6.59. The van der Waals surface area contributed by atoms with Crippen LogP contribution in [0.15, 0.2) is 0 Å². The first kappa shape index (κ1) is 21.0. The maximum atomic E-state index is 11.2. The van der Waals surface area contributed by atoms with Gasteiger partial charge in [0.25, 0.3) is 0 Å². The number of unbranched alkanes of at least 4 members (excludes halogenated alkanes) is 1. The van der Waals surface area contributed by atoms with Gasteiger partial charge < -0.3 is 24.1 Å². The lowest BCUT2D eigenvalue weighted by Gasteiger charge is -2.15. The lowest BCUT2D eigenvalue weighted by atomic mass is 10.4. The molecule has 3 N–H and O–H groups in total. The van der Waals surface area contributed by atoms with Crippen molar-refractivity contribution in [1.82, 2.24) is 4.90 Å². The van der Waals surface area contributed by atoms with E-state index < -0.39 is 21.1 Å². The van der Waals surface area contributed by atoms with Crippen LogP contribution in [0.5, 0.6) is 0 Å². The molecule has 0 rings (SSSR count). The van der Waals surface area contributed by atoms with Gasteiger partial charge in [-0.05, 0) is 6.42 Å². The average molecular weight is 321 g/mol. The minimum Gasteiger partial charge on any atom is -0.338 e. The highest BCUT2D eigenvalue weighted by molar-refractivity contribution is 7.70. The molecule has 9 nitrogen and oxygen atoms in total. The number of nitrogens with zero attached hydrogens (tertiary/aromatic N) is 1. The number of phosphoric acid groups is 1. The fourth-order valence-electron chi connectivity index (χ4n) is 0.641. The standard InChI is InChI=1S/C7H16NO4P.CH5O4P/c1-4-5-6-12-13(10,11)7(9)8(2)3;1-5-6(2,3)4/h4-6H2,1-3H3,(H,10,11);1H3,(H2,2,3,4). The van der Waals surface area contributed by atoms with E-state index in [1.807, 2.05) is 6.92 Å². The number of hydrogen-bond acceptors (Lipinski definition) is 5. The Morgan fingerprint density at radius 3 is 1.89 bits per heavy atom. The van der Waals surface area contributed by atoms with Gasteiger partial charge in [-0.3, -0.25) is 9.32 Å². The number of hydrogen-bond donors (Lipinski definition) is 3. The molecule has 0 aliphatic rings. The van der Waals surface area contributed by atoms with E-state index in [2.05, 4.69) is 9.05 Å². The monoisotopic (exact) mass is 321 g/mol. The quantitative estimate of drug-likeness (QED) is 0.493. The molecule has 19 heavy (non-hydrogen) atoms. The van der Waals surface area contributed by atoms with Gasteiger partial charge in [-0.15, -0.1) is 0 Å². The Hall–Kier alpha value is -0.270. The molecule has 0 aromatic carbocycles. The summed E-state index contributed by atoms with van der Waals surface area (Å²) in [5.74, 6) is 0. The van der Waals surface area contributed by atoms with Gasteiger partial charge in [-0.1, -0.05) is 13.3 Å². The van der Waals surface area contributed by atoms with Crippen molar-refractivity contribution in [2.75, 3.05) is 27.8 Å². The van der Waals surface area contributed by atoms with Crippen molar-refractivity contribution in [2.45, 2.75) is 19.8 Å². The van der Waals surface area contributed by atoms with Crippen LogP contribution in [-0.4, -0.2) is 53.0 Å². The van der Waals surface area contributed by atoms with Crippen LogP contribution in [0.4, 0.5) is 4.79 Å². The lowest BCUT2D eigenvalue weighted by molar-refractivity contribution is 0.212. The fourth-order valence-corrected chi connectivity index (χ4v) is 1.63. The molecule has 0 bridgehead atoms. The molecule has 0 saturated heterocycles. The normalized spacial score (nSPS) is 14.1. The van der Waals surface area contributed by atoms with E-state index in [0.29, 0.717) is 6.42 Å². The summed E-state index contributed by atoms with van der Waals surface area (Å²) in [7, 11) is -4.46. The molecule has 0 aromatic rings. The average Bonchev–Trinajstić information content (AvgIpc) is 2.28. The Labute approximate surface area is 112 Å². The summed E-state index contributed by atoms with van der Waals surface area (Å²) >= 11 is 0. The second kappa shape index (κ2) is 9.61. The largest absolute Gasteiger partial charge is 0.469 e. The van der Waals surface area contributed by atoms with E-state index in [0.717, 1.165) is 18.4 Å². The smallest absolute Gasteiger partial charge is 0.338 e. The molecular weight excluding hydrogens is 300 g/mol. The topological polar surface area (TPSA) is 134 Å². The molecule has 1 atom stereocenters. The molecule has 0 aliphatic heterocycles. The van der Waals surface area contributed by atoms with Crippen LogP contribution in [0.2, 0.25) is 0 Å². The van der Waals surface area contributed by atoms with Crippen LogP contribution in [-0.2, 0) is 18.2 Å². The molecule has 0 radical (unpaired) electrons. The van der Waals surface area contributed by atoms with Crippen LogP contribution < -0.4 is 0 Å². The summed E-state index contributed by atoms with van der Waals surface area (Å²) in [4.78, 5) is 36.6. The van der Waals surface area contributed by atoms with Gasteiger partial charge >= 0.3 is 21.1 Å². The number of carbonyl (C=O) groups is 1. The molecule has 0 aromatic heterocycles. The molecule has 11 heteroatoms. The predicted octanol–water partition coefficient (Wildman–Crippen LogP) is 1.40. The van der Waals surface area contributed by atoms with E-state index in [4.69, 9.17) is 14.7 Å². The van der Waals surface area contributed by atoms with Crippen molar-refractivity contribution < 1.29 is 37.7 Å². The molecule has 1 amide bonds. The van der Waals surface area contributed by atoms with Crippen LogP contribution in [0.1, 0.15) is 19.8 Å². The third-order valence-corrected chi connectivity index (χ3v) is 3.52. The summed E-state index contributed by atoms with van der Waals surface area (Å²) in [5.41, 5.74) is -0.872. The maximum Gasteiger partial charge on any atom is 0.469 e. The van der Waals surface area contributed by atoms with E-state index in [9.17, 15) is 13.9 Å². The van der Waals surface area contributed by atoms with Gasteiger partial charge in [0.15, 0.2) is 0 Å². The van der Waals surface area contributed by atoms with E-state index in [1.54, 1.807) is 0 Å². The maximum absolute atomic E-state index is 11.2. The zero-order valence-corrected chi connectivity index (χ0v) is 13.1. The van der Waals surface area contributed by atoms with Crippen LogP contribution in [0, 0.1) is 0 Å². The highest BCUT2D eigenvalue weighted by atomic mass is 31.2. The Balaban J connectivity index is 0. The van der Waals surface area contributed by atoms with Crippen molar-refractivity contribution in [3.8, 4) is 0 Å². The second-order valence-electron chi connectivity index (χ2n) is 3.56. The predicted molar refractivity (Wildman–Crippen MR) is 68.8 cm³/mol. The minimum absolute atomic E-state index is 0.143. The van der Waals surface area contributed by atoms with Crippen molar-refractivity contribution in [1.29, 1.82) is 0 Å². The molecule has 116 valence electrons. The van der Waals surface area contributed by atoms with Gasteiger partial charge in [0, 0.05) is 21.2 Å². The molecule has 0 spiro atoms. The molecule has 0 aliphatic carbocycles. The molecule has 0 saturated carbocycles. The SMILES string of the molecule is CCCCOP(=O)(O)C(=O)N(C)C.COP(=O)(O)O. The third kappa shape index (κ3) is 12.5. The molecule has 1 unspecified atom stereocenters. The fraction of sp³-hybridized carbons (Fsp3) is 0.875. The molecule has 0 heterocycles. The Bertz CT molecular complexity index is 353. The van der Waals surface area contributed by atoms with Crippen molar-refractivity contribution in [3.05, 3.63) is 0 Å². The zero-order chi connectivity index (χ0) is 15.7. The summed E-state index contributed by atoms with van der Waals surface area (Å²) in [6.07, 6.45) is 1.53. The van der Waals surface area contributed by atoms with E-state index >= 15 is 0 Å². The molecular formula is C8H21NO8P2. The lowest BCUT2D eigenvalue weighted by Crippen LogP contribution is -2.21. The van der Waals surface area contributed by atoms with Gasteiger partial charge in [0.05, 0.1) is 6.61 Å². The van der Waals surface area contributed by atoms with Gasteiger partial charge in [-0.25, -0.2) is 9.13 Å². The zero-order valence-electron chi connectivity index (χ0n) is 11.3.